The number of esters is 4. The molecule has 17 nitrogen and oxygen atoms in total. The van der Waals surface area contributed by atoms with Crippen LogP contribution < -0.4 is 0 Å². The van der Waals surface area contributed by atoms with Gasteiger partial charge in [-0.3, -0.25) is 37.3 Å². The standard InChI is InChI=1S/C98H192O17P2/c1-7-11-13-15-17-19-21-22-23-24-25-26-27-28-36-41-46-52-58-64-70-76-82-97(102)114-93(86-108-95(100)80-74-68-62-56-48-20-18-16-14-12-8-2)88-112-116(104,105)110-84-92(99)85-111-117(106,107)113-89-94(115-98(103)83-77-71-65-59-53-47-42-37-32-30-34-39-44-50-55-61-67-73-79-91(6)10-4)87-109-96(101)81-75-69-63-57-51-45-40-35-31-29-33-38-43-49-54-60-66-72-78-90(5)9-3/h90-94,99H,7-89H2,1-6H3,(H,104,105)(H,106,107)/t90?,91?,92-,93+,94+/m0/s1. The van der Waals surface area contributed by atoms with Crippen molar-refractivity contribution >= 4 is 39.5 Å². The van der Waals surface area contributed by atoms with Crippen LogP contribution in [0.5, 0.6) is 0 Å². The Hall–Kier alpha value is -1.94. The molecule has 0 saturated heterocycles. The maximum atomic E-state index is 13.2. The Bertz CT molecular complexity index is 2220. The van der Waals surface area contributed by atoms with Crippen LogP contribution in [0.4, 0.5) is 0 Å². The van der Waals surface area contributed by atoms with Crippen LogP contribution in [0.25, 0.3) is 0 Å². The molecule has 0 aliphatic rings. The zero-order chi connectivity index (χ0) is 85.5. The van der Waals surface area contributed by atoms with E-state index in [1.807, 2.05) is 0 Å². The van der Waals surface area contributed by atoms with E-state index in [4.69, 9.17) is 37.0 Å². The number of phosphoric ester groups is 2. The van der Waals surface area contributed by atoms with Gasteiger partial charge in [0.25, 0.3) is 0 Å². The first-order valence-electron chi connectivity index (χ1n) is 50.6. The van der Waals surface area contributed by atoms with Gasteiger partial charge in [0.2, 0.25) is 0 Å². The van der Waals surface area contributed by atoms with Crippen LogP contribution in [-0.4, -0.2) is 96.7 Å². The zero-order valence-corrected chi connectivity index (χ0v) is 79.3. The lowest BCUT2D eigenvalue weighted by Crippen LogP contribution is -2.30. The molecule has 0 amide bonds. The van der Waals surface area contributed by atoms with Gasteiger partial charge in [-0.15, -0.1) is 0 Å². The van der Waals surface area contributed by atoms with Crippen LogP contribution >= 0.6 is 15.6 Å². The minimum Gasteiger partial charge on any atom is -0.462 e. The quantitative estimate of drug-likeness (QED) is 0.0222. The van der Waals surface area contributed by atoms with E-state index in [2.05, 4.69) is 41.5 Å². The van der Waals surface area contributed by atoms with Gasteiger partial charge in [0.05, 0.1) is 26.4 Å². The zero-order valence-electron chi connectivity index (χ0n) is 77.5. The topological polar surface area (TPSA) is 237 Å². The number of rotatable bonds is 97. The molecule has 0 aromatic heterocycles. The largest absolute Gasteiger partial charge is 0.472 e. The van der Waals surface area contributed by atoms with Crippen LogP contribution in [0.2, 0.25) is 0 Å². The van der Waals surface area contributed by atoms with E-state index in [-0.39, 0.29) is 25.7 Å². The Morgan fingerprint density at radius 1 is 0.239 bits per heavy atom. The van der Waals surface area contributed by atoms with Crippen LogP contribution in [0, 0.1) is 11.8 Å². The number of carbonyl (C=O) groups is 4. The summed E-state index contributed by atoms with van der Waals surface area (Å²) in [6.45, 7) is 9.87. The number of ether oxygens (including phenoxy) is 4. The summed E-state index contributed by atoms with van der Waals surface area (Å²) in [5.74, 6) is -0.343. The minimum atomic E-state index is -4.97. The predicted octanol–water partition coefficient (Wildman–Crippen LogP) is 30.9. The van der Waals surface area contributed by atoms with Gasteiger partial charge in [0.1, 0.15) is 19.3 Å². The molecule has 0 aliphatic carbocycles. The SMILES string of the molecule is CCCCCCCCCCCCCCCCCCCCCCCCC(=O)O[C@H](COC(=O)CCCCCCCCCCCCC)COP(=O)(O)OC[C@H](O)COP(=O)(O)OC[C@@H](COC(=O)CCCCCCCCCCCCCCCCCCCCC(C)CC)OC(=O)CCCCCCCCCCCCCCCCCCCCC(C)CC. The molecule has 0 spiro atoms. The summed E-state index contributed by atoms with van der Waals surface area (Å²) >= 11 is 0. The van der Waals surface area contributed by atoms with E-state index in [9.17, 15) is 43.2 Å². The lowest BCUT2D eigenvalue weighted by Gasteiger charge is -2.21. The van der Waals surface area contributed by atoms with Crippen molar-refractivity contribution in [3.8, 4) is 0 Å². The van der Waals surface area contributed by atoms with Gasteiger partial charge in [-0.05, 0) is 37.5 Å². The van der Waals surface area contributed by atoms with Crippen molar-refractivity contribution in [2.75, 3.05) is 39.6 Å². The Morgan fingerprint density at radius 2 is 0.410 bits per heavy atom. The third-order valence-corrected chi connectivity index (χ3v) is 25.8. The maximum Gasteiger partial charge on any atom is 0.472 e. The van der Waals surface area contributed by atoms with Crippen molar-refractivity contribution in [3.63, 3.8) is 0 Å². The molecule has 19 heteroatoms. The second kappa shape index (κ2) is 88.9. The number of phosphoric acid groups is 2. The maximum absolute atomic E-state index is 13.2. The number of hydrogen-bond acceptors (Lipinski definition) is 15. The molecule has 4 unspecified atom stereocenters. The lowest BCUT2D eigenvalue weighted by atomic mass is 9.99. The van der Waals surface area contributed by atoms with Crippen LogP contribution in [0.15, 0.2) is 0 Å². The first-order valence-corrected chi connectivity index (χ1v) is 53.6. The van der Waals surface area contributed by atoms with Crippen molar-refractivity contribution in [1.29, 1.82) is 0 Å². The number of hydrogen-bond donors (Lipinski definition) is 3. The normalized spacial score (nSPS) is 14.1. The summed E-state index contributed by atoms with van der Waals surface area (Å²) in [5, 5.41) is 10.7. The van der Waals surface area contributed by atoms with Crippen molar-refractivity contribution in [2.24, 2.45) is 11.8 Å². The van der Waals surface area contributed by atoms with Crippen molar-refractivity contribution in [1.82, 2.24) is 0 Å². The van der Waals surface area contributed by atoms with Gasteiger partial charge in [-0.2, -0.15) is 0 Å². The molecule has 0 radical (unpaired) electrons. The van der Waals surface area contributed by atoms with Crippen LogP contribution in [0.3, 0.4) is 0 Å². The Kier molecular flexibility index (Phi) is 87.4. The molecule has 3 N–H and O–H groups in total. The van der Waals surface area contributed by atoms with Gasteiger partial charge in [0.15, 0.2) is 12.2 Å². The first kappa shape index (κ1) is 115. The summed E-state index contributed by atoms with van der Waals surface area (Å²) in [7, 11) is -9.94. The van der Waals surface area contributed by atoms with Crippen LogP contribution in [-0.2, 0) is 65.4 Å². The molecule has 696 valence electrons. The molecule has 7 atom stereocenters. The second-order valence-electron chi connectivity index (χ2n) is 35.7. The fourth-order valence-electron chi connectivity index (χ4n) is 15.5. The van der Waals surface area contributed by atoms with Gasteiger partial charge in [-0.25, -0.2) is 9.13 Å². The first-order chi connectivity index (χ1) is 56.9. The lowest BCUT2D eigenvalue weighted by molar-refractivity contribution is -0.161. The molecule has 117 heavy (non-hydrogen) atoms. The Balaban J connectivity index is 5.21. The molecule has 0 aromatic carbocycles. The summed E-state index contributed by atoms with van der Waals surface area (Å²) in [5.41, 5.74) is 0. The van der Waals surface area contributed by atoms with E-state index in [0.29, 0.717) is 25.7 Å². The third-order valence-electron chi connectivity index (χ3n) is 23.9. The summed E-state index contributed by atoms with van der Waals surface area (Å²) in [4.78, 5) is 73.6. The smallest absolute Gasteiger partial charge is 0.462 e. The Labute approximate surface area is 721 Å². The molecule has 0 aliphatic heterocycles. The highest BCUT2D eigenvalue weighted by atomic mass is 31.2. The minimum absolute atomic E-state index is 0.109. The molecule has 0 aromatic rings. The summed E-state index contributed by atoms with van der Waals surface area (Å²) < 4.78 is 69.3. The van der Waals surface area contributed by atoms with Gasteiger partial charge in [-0.1, -0.05) is 485 Å². The van der Waals surface area contributed by atoms with Gasteiger partial charge in [0, 0.05) is 25.7 Å². The van der Waals surface area contributed by atoms with E-state index in [1.165, 1.54) is 353 Å². The number of unbranched alkanes of at least 4 members (excludes halogenated alkanes) is 65. The molecular formula is C98H192O17P2. The fraction of sp³-hybridized carbons (Fsp3) is 0.959. The fourth-order valence-corrected chi connectivity index (χ4v) is 17.1. The van der Waals surface area contributed by atoms with E-state index in [0.717, 1.165) is 102 Å². The Morgan fingerprint density at radius 3 is 0.607 bits per heavy atom. The highest BCUT2D eigenvalue weighted by Crippen LogP contribution is 2.45. The average molecular weight is 1700 g/mol. The molecule has 0 rings (SSSR count). The van der Waals surface area contributed by atoms with Crippen molar-refractivity contribution < 1.29 is 80.2 Å². The molecular weight excluding hydrogens is 1510 g/mol. The number of aliphatic hydroxyl groups is 1. The second-order valence-corrected chi connectivity index (χ2v) is 38.6. The molecule has 0 saturated carbocycles. The van der Waals surface area contributed by atoms with Crippen molar-refractivity contribution in [3.05, 3.63) is 0 Å². The van der Waals surface area contributed by atoms with Crippen molar-refractivity contribution in [2.45, 2.75) is 554 Å². The van der Waals surface area contributed by atoms with E-state index in [1.54, 1.807) is 0 Å². The van der Waals surface area contributed by atoms with E-state index >= 15 is 0 Å². The highest BCUT2D eigenvalue weighted by molar-refractivity contribution is 7.47. The molecule has 0 fully saturated rings. The van der Waals surface area contributed by atoms with E-state index < -0.39 is 97.5 Å². The molecule has 0 bridgehead atoms. The van der Waals surface area contributed by atoms with Crippen LogP contribution in [0.1, 0.15) is 536 Å². The monoisotopic (exact) mass is 1700 g/mol. The number of aliphatic hydroxyl groups excluding tert-OH is 1. The molecule has 0 heterocycles. The summed E-state index contributed by atoms with van der Waals surface area (Å²) in [6, 6.07) is 0. The third kappa shape index (κ3) is 88.7. The van der Waals surface area contributed by atoms with Gasteiger partial charge < -0.3 is 33.8 Å². The summed E-state index contributed by atoms with van der Waals surface area (Å²) in [6.07, 6.45) is 86.3. The predicted molar refractivity (Wildman–Crippen MR) is 488 cm³/mol. The van der Waals surface area contributed by atoms with Gasteiger partial charge >= 0.3 is 39.5 Å². The average Bonchev–Trinajstić information content (AvgIpc) is 0.897. The number of carbonyl (C=O) groups excluding carboxylic acids is 4. The highest BCUT2D eigenvalue weighted by Gasteiger charge is 2.31.